The van der Waals surface area contributed by atoms with Crippen LogP contribution in [-0.2, 0) is 17.6 Å². The fourth-order valence-electron chi connectivity index (χ4n) is 4.55. The van der Waals surface area contributed by atoms with Gasteiger partial charge in [-0.05, 0) is 55.9 Å². The van der Waals surface area contributed by atoms with Crippen LogP contribution in [0.3, 0.4) is 0 Å². The number of aliphatic carboxylic acids is 1. The van der Waals surface area contributed by atoms with Crippen LogP contribution in [0.25, 0.3) is 23.0 Å². The number of carbonyl (C=O) groups excluding carboxylic acids is 1. The van der Waals surface area contributed by atoms with Gasteiger partial charge in [0.25, 0.3) is 0 Å². The number of rotatable bonds is 8. The molecule has 3 aromatic rings. The van der Waals surface area contributed by atoms with Gasteiger partial charge in [0.05, 0.1) is 29.3 Å². The number of aliphatic hydroxyl groups excluding tert-OH is 2. The molecule has 1 aliphatic rings. The minimum absolute atomic E-state index is 0. The van der Waals surface area contributed by atoms with Crippen LogP contribution < -0.4 is 34.7 Å². The first kappa shape index (κ1) is 27.5. The maximum absolute atomic E-state index is 13.7. The minimum atomic E-state index is -1.37. The molecule has 2 heterocycles. The first-order valence-corrected chi connectivity index (χ1v) is 11.7. The van der Waals surface area contributed by atoms with Gasteiger partial charge in [-0.15, -0.1) is 0 Å². The van der Waals surface area contributed by atoms with Crippen LogP contribution in [-0.4, -0.2) is 43.0 Å². The predicted molar refractivity (Wildman–Crippen MR) is 124 cm³/mol. The van der Waals surface area contributed by atoms with Crippen LogP contribution in [0.4, 0.5) is 4.39 Å². The Kier molecular flexibility index (Phi) is 9.23. The van der Waals surface area contributed by atoms with Crippen molar-refractivity contribution in [3.63, 3.8) is 0 Å². The zero-order valence-electron chi connectivity index (χ0n) is 20.4. The van der Waals surface area contributed by atoms with Gasteiger partial charge >= 0.3 is 29.6 Å². The normalized spacial score (nSPS) is 15.3. The molecule has 0 saturated heterocycles. The second-order valence-corrected chi connectivity index (χ2v) is 9.18. The van der Waals surface area contributed by atoms with Gasteiger partial charge in [-0.25, -0.2) is 13.9 Å². The summed E-state index contributed by atoms with van der Waals surface area (Å²) >= 11 is 0. The van der Waals surface area contributed by atoms with E-state index in [9.17, 15) is 24.5 Å². The average Bonchev–Trinajstić information content (AvgIpc) is 3.15. The standard InChI is InChI=1S/C26H30FN3O4.Na/c1-15(2)24-21(12-11-18(31)13-19(32)14-23(33)34)25(16-7-9-17(27)10-8-16)30-26(28-24)20-5-3-4-6-22(20)29-30;/h7-12,15,18-19,31-32H,3-6,13-14H2,1-2H3,(H,33,34);/q;+1/p-1/b12-11+;/t18-,19-;/m1./s1. The van der Waals surface area contributed by atoms with E-state index in [1.54, 1.807) is 18.2 Å². The molecule has 9 heteroatoms. The smallest absolute Gasteiger partial charge is 0.550 e. The quantitative estimate of drug-likeness (QED) is 0.425. The van der Waals surface area contributed by atoms with Crippen molar-refractivity contribution in [1.82, 2.24) is 14.6 Å². The van der Waals surface area contributed by atoms with Crippen LogP contribution in [0.15, 0.2) is 30.3 Å². The molecular formula is C26H29FN3NaO4. The van der Waals surface area contributed by atoms with E-state index in [1.807, 2.05) is 18.4 Å². The van der Waals surface area contributed by atoms with E-state index in [1.165, 1.54) is 18.2 Å². The number of fused-ring (bicyclic) bond motifs is 3. The Hall–Kier alpha value is -2.10. The van der Waals surface area contributed by atoms with Crippen LogP contribution in [0, 0.1) is 5.82 Å². The topological polar surface area (TPSA) is 111 Å². The predicted octanol–water partition coefficient (Wildman–Crippen LogP) is -0.193. The zero-order chi connectivity index (χ0) is 24.4. The summed E-state index contributed by atoms with van der Waals surface area (Å²) in [7, 11) is 0. The molecule has 4 rings (SSSR count). The monoisotopic (exact) mass is 489 g/mol. The van der Waals surface area contributed by atoms with Crippen LogP contribution in [0.2, 0.25) is 0 Å². The van der Waals surface area contributed by atoms with Crippen molar-refractivity contribution >= 4 is 17.7 Å². The number of carboxylic acids is 1. The number of aromatic nitrogens is 3. The Morgan fingerprint density at radius 2 is 1.89 bits per heavy atom. The summed E-state index contributed by atoms with van der Waals surface area (Å²) in [4.78, 5) is 15.7. The summed E-state index contributed by atoms with van der Waals surface area (Å²) in [5.74, 6) is -1.66. The molecular weight excluding hydrogens is 460 g/mol. The number of nitrogens with zero attached hydrogens (tertiary/aromatic N) is 3. The van der Waals surface area contributed by atoms with Gasteiger partial charge in [0, 0.05) is 35.5 Å². The molecule has 35 heavy (non-hydrogen) atoms. The minimum Gasteiger partial charge on any atom is -0.550 e. The van der Waals surface area contributed by atoms with Crippen LogP contribution in [0.1, 0.15) is 68.0 Å². The third-order valence-electron chi connectivity index (χ3n) is 6.16. The third kappa shape index (κ3) is 6.19. The molecule has 2 aromatic heterocycles. The SMILES string of the molecule is CC(C)c1nc2c3c(nn2c(-c2ccc(F)cc2)c1/C=C/[C@@H](O)C[C@@H](O)CC(=O)[O-])CCCC3.[Na+]. The van der Waals surface area contributed by atoms with Gasteiger partial charge in [-0.2, -0.15) is 5.10 Å². The van der Waals surface area contributed by atoms with E-state index in [0.717, 1.165) is 65.1 Å². The van der Waals surface area contributed by atoms with Gasteiger partial charge in [0.15, 0.2) is 5.65 Å². The molecule has 1 aromatic carbocycles. The van der Waals surface area contributed by atoms with Crippen molar-refractivity contribution in [2.75, 3.05) is 0 Å². The Morgan fingerprint density at radius 1 is 1.20 bits per heavy atom. The van der Waals surface area contributed by atoms with Crippen molar-refractivity contribution in [2.45, 2.75) is 70.5 Å². The number of aliphatic hydroxyl groups is 2. The summed E-state index contributed by atoms with van der Waals surface area (Å²) in [5.41, 5.74) is 6.06. The second-order valence-electron chi connectivity index (χ2n) is 9.18. The first-order valence-electron chi connectivity index (χ1n) is 11.7. The van der Waals surface area contributed by atoms with Crippen LogP contribution >= 0.6 is 0 Å². The molecule has 2 N–H and O–H groups in total. The molecule has 0 radical (unpaired) electrons. The van der Waals surface area contributed by atoms with Gasteiger partial charge in [-0.3, -0.25) is 0 Å². The van der Waals surface area contributed by atoms with Crippen molar-refractivity contribution in [3.8, 4) is 11.3 Å². The molecule has 0 aliphatic heterocycles. The summed E-state index contributed by atoms with van der Waals surface area (Å²) in [6, 6.07) is 6.20. The van der Waals surface area contributed by atoms with Gasteiger partial charge < -0.3 is 20.1 Å². The number of hydrogen-bond donors (Lipinski definition) is 2. The number of benzene rings is 1. The van der Waals surface area contributed by atoms with Crippen molar-refractivity contribution in [3.05, 3.63) is 58.7 Å². The van der Waals surface area contributed by atoms with Crippen molar-refractivity contribution in [2.24, 2.45) is 0 Å². The Balaban J connectivity index is 0.00000342. The maximum Gasteiger partial charge on any atom is 1.00 e. The van der Waals surface area contributed by atoms with Crippen molar-refractivity contribution < 1.29 is 54.1 Å². The molecule has 1 aliphatic carbocycles. The molecule has 2 atom stereocenters. The first-order chi connectivity index (χ1) is 16.2. The van der Waals surface area contributed by atoms with E-state index in [-0.39, 0.29) is 47.7 Å². The van der Waals surface area contributed by atoms with E-state index in [0.29, 0.717) is 0 Å². The largest absolute Gasteiger partial charge is 1.00 e. The van der Waals surface area contributed by atoms with Crippen molar-refractivity contribution in [1.29, 1.82) is 0 Å². The van der Waals surface area contributed by atoms with E-state index in [2.05, 4.69) is 0 Å². The average molecular weight is 490 g/mol. The fourth-order valence-corrected chi connectivity index (χ4v) is 4.55. The summed E-state index contributed by atoms with van der Waals surface area (Å²) in [6.07, 6.45) is 4.24. The zero-order valence-corrected chi connectivity index (χ0v) is 22.4. The van der Waals surface area contributed by atoms with Gasteiger partial charge in [-0.1, -0.05) is 26.0 Å². The molecule has 180 valence electrons. The molecule has 0 bridgehead atoms. The fraction of sp³-hybridized carbons (Fsp3) is 0.423. The summed E-state index contributed by atoms with van der Waals surface area (Å²) < 4.78 is 15.5. The van der Waals surface area contributed by atoms with Gasteiger partial charge in [0.2, 0.25) is 0 Å². The number of aryl methyl sites for hydroxylation is 2. The Bertz CT molecular complexity index is 1220. The molecule has 7 nitrogen and oxygen atoms in total. The second kappa shape index (κ2) is 11.8. The van der Waals surface area contributed by atoms with E-state index < -0.39 is 24.6 Å². The Morgan fingerprint density at radius 3 is 2.54 bits per heavy atom. The van der Waals surface area contributed by atoms with E-state index >= 15 is 0 Å². The third-order valence-corrected chi connectivity index (χ3v) is 6.16. The summed E-state index contributed by atoms with van der Waals surface area (Å²) in [6.45, 7) is 4.07. The summed E-state index contributed by atoms with van der Waals surface area (Å²) in [5, 5.41) is 35.8. The number of halogens is 1. The molecule has 0 amide bonds. The molecule has 0 saturated carbocycles. The molecule has 0 unspecified atom stereocenters. The molecule has 0 spiro atoms. The molecule has 0 fully saturated rings. The maximum atomic E-state index is 13.7. The number of carboxylic acid groups (broad SMARTS) is 1. The van der Waals surface area contributed by atoms with Gasteiger partial charge in [0.1, 0.15) is 5.82 Å². The van der Waals surface area contributed by atoms with E-state index in [4.69, 9.17) is 10.1 Å². The van der Waals surface area contributed by atoms with Crippen LogP contribution in [0.5, 0.6) is 0 Å². The number of carbonyl (C=O) groups is 1. The Labute approximate surface area is 226 Å². The number of hydrogen-bond acceptors (Lipinski definition) is 6.